The molecule has 0 amide bonds. The third-order valence-electron chi connectivity index (χ3n) is 3.07. The van der Waals surface area contributed by atoms with Crippen LogP contribution in [-0.4, -0.2) is 23.6 Å². The maximum Gasteiger partial charge on any atom is 0.120 e. The minimum absolute atomic E-state index is 0.407. The highest BCUT2D eigenvalue weighted by molar-refractivity contribution is 5.34. The Kier molecular flexibility index (Phi) is 2.73. The molecule has 1 aromatic carbocycles. The van der Waals surface area contributed by atoms with Crippen LogP contribution in [0.25, 0.3) is 0 Å². The lowest BCUT2D eigenvalue weighted by molar-refractivity contribution is 0.184. The third kappa shape index (κ3) is 1.75. The number of hydrogen-bond donors (Lipinski definition) is 1. The van der Waals surface area contributed by atoms with Gasteiger partial charge in [0.2, 0.25) is 0 Å². The van der Waals surface area contributed by atoms with Gasteiger partial charge in [-0.15, -0.1) is 0 Å². The fraction of sp³-hybridized carbons (Fsp3) is 0.500. The van der Waals surface area contributed by atoms with Crippen molar-refractivity contribution in [3.05, 3.63) is 29.8 Å². The van der Waals surface area contributed by atoms with E-state index in [-0.39, 0.29) is 0 Å². The lowest BCUT2D eigenvalue weighted by Crippen LogP contribution is -2.29. The van der Waals surface area contributed by atoms with Crippen LogP contribution in [0.4, 0.5) is 0 Å². The maximum atomic E-state index is 9.75. The van der Waals surface area contributed by atoms with E-state index in [1.807, 2.05) is 18.2 Å². The number of nitrogens with zero attached hydrogens (tertiary/aromatic N) is 1. The summed E-state index contributed by atoms with van der Waals surface area (Å²) in [6, 6.07) is 8.09. The van der Waals surface area contributed by atoms with Gasteiger partial charge in [0.05, 0.1) is 0 Å². The van der Waals surface area contributed by atoms with Crippen molar-refractivity contribution in [2.75, 3.05) is 13.6 Å². The topological polar surface area (TPSA) is 23.5 Å². The minimum Gasteiger partial charge on any atom is -0.508 e. The number of rotatable bonds is 1. The van der Waals surface area contributed by atoms with Crippen LogP contribution in [0.15, 0.2) is 24.3 Å². The van der Waals surface area contributed by atoms with Gasteiger partial charge in [-0.1, -0.05) is 24.6 Å². The number of phenols is 1. The van der Waals surface area contributed by atoms with E-state index in [0.29, 0.717) is 11.8 Å². The zero-order valence-corrected chi connectivity index (χ0v) is 8.61. The molecule has 1 heterocycles. The zero-order valence-electron chi connectivity index (χ0n) is 8.61. The summed E-state index contributed by atoms with van der Waals surface area (Å²) in [5.74, 6) is 0.436. The van der Waals surface area contributed by atoms with Gasteiger partial charge in [0.1, 0.15) is 5.75 Å². The smallest absolute Gasteiger partial charge is 0.120 e. The Balaban J connectivity index is 2.25. The van der Waals surface area contributed by atoms with Crippen LogP contribution < -0.4 is 0 Å². The molecule has 1 unspecified atom stereocenters. The number of para-hydroxylation sites is 1. The molecule has 1 aromatic rings. The Bertz CT molecular complexity index is 311. The molecular weight excluding hydrogens is 174 g/mol. The summed E-state index contributed by atoms with van der Waals surface area (Å²) in [6.07, 6.45) is 3.71. The van der Waals surface area contributed by atoms with E-state index in [1.165, 1.54) is 12.8 Å². The number of likely N-dealkylation sites (tertiary alicyclic amines) is 1. The number of aromatic hydroxyl groups is 1. The monoisotopic (exact) mass is 191 g/mol. The summed E-state index contributed by atoms with van der Waals surface area (Å²) in [6.45, 7) is 1.14. The van der Waals surface area contributed by atoms with Gasteiger partial charge in [0, 0.05) is 11.6 Å². The average Bonchev–Trinajstić information content (AvgIpc) is 2.20. The van der Waals surface area contributed by atoms with Crippen molar-refractivity contribution in [3.63, 3.8) is 0 Å². The summed E-state index contributed by atoms with van der Waals surface area (Å²) in [5, 5.41) is 9.75. The molecule has 1 atom stereocenters. The molecule has 14 heavy (non-hydrogen) atoms. The predicted octanol–water partition coefficient (Wildman–Crippen LogP) is 2.55. The first-order valence-electron chi connectivity index (χ1n) is 5.27. The lowest BCUT2D eigenvalue weighted by atomic mass is 9.95. The number of hydrogen-bond acceptors (Lipinski definition) is 2. The van der Waals surface area contributed by atoms with E-state index >= 15 is 0 Å². The number of piperidine rings is 1. The van der Waals surface area contributed by atoms with Crippen molar-refractivity contribution in [2.24, 2.45) is 0 Å². The molecule has 0 saturated carbocycles. The largest absolute Gasteiger partial charge is 0.508 e. The average molecular weight is 191 g/mol. The van der Waals surface area contributed by atoms with Crippen molar-refractivity contribution in [1.29, 1.82) is 0 Å². The molecule has 0 aliphatic carbocycles. The van der Waals surface area contributed by atoms with E-state index in [9.17, 15) is 5.11 Å². The van der Waals surface area contributed by atoms with Gasteiger partial charge in [-0.2, -0.15) is 0 Å². The van der Waals surface area contributed by atoms with Gasteiger partial charge in [-0.25, -0.2) is 0 Å². The van der Waals surface area contributed by atoms with Gasteiger partial charge < -0.3 is 5.11 Å². The highest BCUT2D eigenvalue weighted by Crippen LogP contribution is 2.34. The zero-order chi connectivity index (χ0) is 9.97. The molecule has 1 N–H and O–H groups in total. The fourth-order valence-corrected chi connectivity index (χ4v) is 2.24. The van der Waals surface area contributed by atoms with Crippen LogP contribution in [0.1, 0.15) is 30.9 Å². The quantitative estimate of drug-likeness (QED) is 0.737. The first kappa shape index (κ1) is 9.53. The normalized spacial score (nSPS) is 23.6. The summed E-state index contributed by atoms with van der Waals surface area (Å²) in [7, 11) is 2.14. The second-order valence-electron chi connectivity index (χ2n) is 4.05. The van der Waals surface area contributed by atoms with Crippen molar-refractivity contribution in [3.8, 4) is 5.75 Å². The molecule has 76 valence electrons. The standard InChI is InChI=1S/C12H17NO/c1-13-9-5-4-7-11(13)10-6-2-3-8-12(10)14/h2-3,6,8,11,14H,4-5,7,9H2,1H3. The van der Waals surface area contributed by atoms with E-state index < -0.39 is 0 Å². The molecule has 0 spiro atoms. The number of benzene rings is 1. The Morgan fingerprint density at radius 1 is 1.29 bits per heavy atom. The second kappa shape index (κ2) is 4.01. The van der Waals surface area contributed by atoms with E-state index in [4.69, 9.17) is 0 Å². The molecule has 0 bridgehead atoms. The molecular formula is C12H17NO. The van der Waals surface area contributed by atoms with Gasteiger partial charge in [-0.05, 0) is 32.5 Å². The van der Waals surface area contributed by atoms with E-state index in [2.05, 4.69) is 11.9 Å². The molecule has 1 aliphatic heterocycles. The number of phenolic OH excluding ortho intramolecular Hbond substituents is 1. The molecule has 2 nitrogen and oxygen atoms in total. The Labute approximate surface area is 85.2 Å². The molecule has 0 radical (unpaired) electrons. The Morgan fingerprint density at radius 2 is 2.07 bits per heavy atom. The highest BCUT2D eigenvalue weighted by atomic mass is 16.3. The first-order chi connectivity index (χ1) is 6.79. The van der Waals surface area contributed by atoms with Crippen molar-refractivity contribution >= 4 is 0 Å². The van der Waals surface area contributed by atoms with Gasteiger partial charge in [0.25, 0.3) is 0 Å². The van der Waals surface area contributed by atoms with Crippen LogP contribution in [0.5, 0.6) is 5.75 Å². The first-order valence-corrected chi connectivity index (χ1v) is 5.27. The summed E-state index contributed by atoms with van der Waals surface area (Å²) in [5.41, 5.74) is 1.08. The predicted molar refractivity (Wildman–Crippen MR) is 57.3 cm³/mol. The van der Waals surface area contributed by atoms with Gasteiger partial charge in [0.15, 0.2) is 0 Å². The third-order valence-corrected chi connectivity index (χ3v) is 3.07. The Hall–Kier alpha value is -1.02. The molecule has 0 aromatic heterocycles. The maximum absolute atomic E-state index is 9.75. The van der Waals surface area contributed by atoms with Crippen molar-refractivity contribution in [1.82, 2.24) is 4.90 Å². The van der Waals surface area contributed by atoms with Gasteiger partial charge in [-0.3, -0.25) is 4.90 Å². The van der Waals surface area contributed by atoms with Crippen LogP contribution in [0.3, 0.4) is 0 Å². The van der Waals surface area contributed by atoms with Crippen LogP contribution >= 0.6 is 0 Å². The molecule has 1 saturated heterocycles. The minimum atomic E-state index is 0.407. The van der Waals surface area contributed by atoms with Crippen LogP contribution in [-0.2, 0) is 0 Å². The van der Waals surface area contributed by atoms with Crippen LogP contribution in [0.2, 0.25) is 0 Å². The van der Waals surface area contributed by atoms with Gasteiger partial charge >= 0.3 is 0 Å². The fourth-order valence-electron chi connectivity index (χ4n) is 2.24. The molecule has 1 aliphatic rings. The van der Waals surface area contributed by atoms with Crippen LogP contribution in [0, 0.1) is 0 Å². The summed E-state index contributed by atoms with van der Waals surface area (Å²) >= 11 is 0. The van der Waals surface area contributed by atoms with Crippen molar-refractivity contribution in [2.45, 2.75) is 25.3 Å². The Morgan fingerprint density at radius 3 is 2.79 bits per heavy atom. The van der Waals surface area contributed by atoms with E-state index in [1.54, 1.807) is 6.07 Å². The SMILES string of the molecule is CN1CCCCC1c1ccccc1O. The molecule has 1 fully saturated rings. The molecule has 2 heteroatoms. The highest BCUT2D eigenvalue weighted by Gasteiger charge is 2.22. The summed E-state index contributed by atoms with van der Waals surface area (Å²) in [4.78, 5) is 2.33. The lowest BCUT2D eigenvalue weighted by Gasteiger charge is -2.33. The van der Waals surface area contributed by atoms with Crippen molar-refractivity contribution < 1.29 is 5.11 Å². The summed E-state index contributed by atoms with van der Waals surface area (Å²) < 4.78 is 0. The molecule has 2 rings (SSSR count). The van der Waals surface area contributed by atoms with E-state index in [0.717, 1.165) is 18.5 Å². The second-order valence-corrected chi connectivity index (χ2v) is 4.05.